The molecule has 2 rings (SSSR count). The third-order valence-electron chi connectivity index (χ3n) is 5.02. The Labute approximate surface area is 199 Å². The van der Waals surface area contributed by atoms with E-state index in [0.717, 1.165) is 5.56 Å². The summed E-state index contributed by atoms with van der Waals surface area (Å²) in [6, 6.07) is 10.1. The van der Waals surface area contributed by atoms with E-state index < -0.39 is 9.84 Å². The molecule has 174 valence electrons. The maximum Gasteiger partial charge on any atom is 0.222 e. The van der Waals surface area contributed by atoms with Crippen LogP contribution in [-0.2, 0) is 21.2 Å². The zero-order valence-electron chi connectivity index (χ0n) is 18.1. The maximum atomic E-state index is 12.5. The number of amides is 1. The van der Waals surface area contributed by atoms with Crippen LogP contribution in [0.15, 0.2) is 41.3 Å². The predicted octanol–water partition coefficient (Wildman–Crippen LogP) is 3.74. The minimum atomic E-state index is -3.59. The van der Waals surface area contributed by atoms with Gasteiger partial charge < -0.3 is 16.0 Å². The summed E-state index contributed by atoms with van der Waals surface area (Å²) in [7, 11) is -1.85. The Morgan fingerprint density at radius 1 is 1.12 bits per heavy atom. The number of rotatable bonds is 11. The Bertz CT molecular complexity index is 1070. The second kappa shape index (κ2) is 11.7. The van der Waals surface area contributed by atoms with Crippen molar-refractivity contribution in [3.8, 4) is 0 Å². The molecule has 32 heavy (non-hydrogen) atoms. The van der Waals surface area contributed by atoms with Crippen molar-refractivity contribution in [2.24, 2.45) is 5.73 Å². The standard InChI is InChI=1S/C22H28Cl2N4O3S/c1-15-18(23)10-11-19(21(15)24)32(30,31)14-27-12-4-3-5-20(29)28(2)13-16-6-8-17(9-7-16)22(25)26/h6-11,27H,3-5,12-14H2,1-2H3,(H3,25,26). The van der Waals surface area contributed by atoms with Gasteiger partial charge in [-0.2, -0.15) is 0 Å². The number of nitrogens with two attached hydrogens (primary N) is 1. The van der Waals surface area contributed by atoms with Gasteiger partial charge in [0.15, 0.2) is 9.84 Å². The Morgan fingerprint density at radius 2 is 1.78 bits per heavy atom. The highest BCUT2D eigenvalue weighted by Crippen LogP contribution is 2.30. The Kier molecular flexibility index (Phi) is 9.51. The van der Waals surface area contributed by atoms with Gasteiger partial charge in [-0.25, -0.2) is 8.42 Å². The minimum Gasteiger partial charge on any atom is -0.384 e. The normalized spacial score (nSPS) is 11.4. The molecule has 0 radical (unpaired) electrons. The van der Waals surface area contributed by atoms with Gasteiger partial charge in [0.1, 0.15) is 11.7 Å². The fourth-order valence-corrected chi connectivity index (χ4v) is 5.02. The summed E-state index contributed by atoms with van der Waals surface area (Å²) >= 11 is 12.1. The molecule has 2 aromatic rings. The van der Waals surface area contributed by atoms with Crippen LogP contribution in [0.2, 0.25) is 10.0 Å². The van der Waals surface area contributed by atoms with Crippen molar-refractivity contribution in [2.75, 3.05) is 19.5 Å². The number of amidine groups is 1. The highest BCUT2D eigenvalue weighted by atomic mass is 35.5. The fourth-order valence-electron chi connectivity index (χ4n) is 3.03. The Hall–Kier alpha value is -2.13. The summed E-state index contributed by atoms with van der Waals surface area (Å²) in [5.41, 5.74) is 7.57. The molecule has 0 saturated carbocycles. The average Bonchev–Trinajstić information content (AvgIpc) is 2.74. The molecule has 0 bridgehead atoms. The molecule has 0 aliphatic rings. The first-order valence-corrected chi connectivity index (χ1v) is 12.5. The van der Waals surface area contributed by atoms with Crippen LogP contribution in [0.1, 0.15) is 36.0 Å². The van der Waals surface area contributed by atoms with Crippen molar-refractivity contribution in [3.63, 3.8) is 0 Å². The molecule has 2 aromatic carbocycles. The lowest BCUT2D eigenvalue weighted by Crippen LogP contribution is -2.27. The van der Waals surface area contributed by atoms with E-state index in [0.29, 0.717) is 48.5 Å². The second-order valence-electron chi connectivity index (χ2n) is 7.56. The molecule has 0 saturated heterocycles. The first-order chi connectivity index (χ1) is 15.0. The van der Waals surface area contributed by atoms with E-state index in [1.807, 2.05) is 12.1 Å². The monoisotopic (exact) mass is 498 g/mol. The van der Waals surface area contributed by atoms with Gasteiger partial charge in [0, 0.05) is 30.6 Å². The molecule has 0 atom stereocenters. The van der Waals surface area contributed by atoms with E-state index in [1.54, 1.807) is 31.0 Å². The van der Waals surface area contributed by atoms with Crippen LogP contribution >= 0.6 is 23.2 Å². The predicted molar refractivity (Wildman–Crippen MR) is 129 cm³/mol. The molecule has 0 unspecified atom stereocenters. The SMILES string of the molecule is Cc1c(Cl)ccc(S(=O)(=O)CNCCCCC(=O)N(C)Cc2ccc(C(=N)N)cc2)c1Cl. The van der Waals surface area contributed by atoms with Crippen LogP contribution in [0.3, 0.4) is 0 Å². The van der Waals surface area contributed by atoms with E-state index in [1.165, 1.54) is 12.1 Å². The van der Waals surface area contributed by atoms with Gasteiger partial charge in [-0.05, 0) is 49.6 Å². The number of carbonyl (C=O) groups is 1. The number of hydrogen-bond donors (Lipinski definition) is 3. The number of carbonyl (C=O) groups excluding carboxylic acids is 1. The summed E-state index contributed by atoms with van der Waals surface area (Å²) in [5.74, 6) is -0.219. The minimum absolute atomic E-state index is 0.00812. The second-order valence-corrected chi connectivity index (χ2v) is 10.3. The van der Waals surface area contributed by atoms with Crippen LogP contribution in [-0.4, -0.2) is 44.5 Å². The zero-order valence-corrected chi connectivity index (χ0v) is 20.4. The summed E-state index contributed by atoms with van der Waals surface area (Å²) in [6.07, 6.45) is 1.68. The van der Waals surface area contributed by atoms with Crippen LogP contribution in [0.5, 0.6) is 0 Å². The fraction of sp³-hybridized carbons (Fsp3) is 0.364. The lowest BCUT2D eigenvalue weighted by atomic mass is 10.1. The molecular formula is C22H28Cl2N4O3S. The van der Waals surface area contributed by atoms with Gasteiger partial charge >= 0.3 is 0 Å². The van der Waals surface area contributed by atoms with Crippen molar-refractivity contribution < 1.29 is 13.2 Å². The van der Waals surface area contributed by atoms with E-state index in [4.69, 9.17) is 34.3 Å². The third-order valence-corrected chi connectivity index (χ3v) is 7.62. The first-order valence-electron chi connectivity index (χ1n) is 10.1. The zero-order chi connectivity index (χ0) is 23.9. The van der Waals surface area contributed by atoms with Gasteiger partial charge in [0.05, 0.1) is 9.92 Å². The lowest BCUT2D eigenvalue weighted by Gasteiger charge is -2.17. The summed E-state index contributed by atoms with van der Waals surface area (Å²) < 4.78 is 25.0. The molecule has 1 amide bonds. The summed E-state index contributed by atoms with van der Waals surface area (Å²) in [6.45, 7) is 2.61. The Balaban J connectivity index is 1.72. The van der Waals surface area contributed by atoms with E-state index in [2.05, 4.69) is 5.32 Å². The molecule has 0 aliphatic carbocycles. The van der Waals surface area contributed by atoms with Crippen molar-refractivity contribution in [1.82, 2.24) is 10.2 Å². The van der Waals surface area contributed by atoms with Gasteiger partial charge in [-0.3, -0.25) is 10.2 Å². The van der Waals surface area contributed by atoms with Crippen LogP contribution in [0.4, 0.5) is 0 Å². The molecule has 10 heteroatoms. The number of unbranched alkanes of at least 4 members (excludes halogenated alkanes) is 1. The Morgan fingerprint density at radius 3 is 2.41 bits per heavy atom. The van der Waals surface area contributed by atoms with Gasteiger partial charge in [-0.1, -0.05) is 47.5 Å². The molecule has 0 aromatic heterocycles. The van der Waals surface area contributed by atoms with Crippen molar-refractivity contribution in [3.05, 3.63) is 63.1 Å². The van der Waals surface area contributed by atoms with Crippen LogP contribution in [0.25, 0.3) is 0 Å². The van der Waals surface area contributed by atoms with E-state index >= 15 is 0 Å². The number of nitrogens with zero attached hydrogens (tertiary/aromatic N) is 1. The van der Waals surface area contributed by atoms with Crippen LogP contribution < -0.4 is 11.1 Å². The maximum absolute atomic E-state index is 12.5. The smallest absolute Gasteiger partial charge is 0.222 e. The highest BCUT2D eigenvalue weighted by Gasteiger charge is 2.20. The number of nitrogens with one attached hydrogen (secondary N) is 2. The van der Waals surface area contributed by atoms with Gasteiger partial charge in [-0.15, -0.1) is 0 Å². The molecule has 0 fully saturated rings. The average molecular weight is 499 g/mol. The topological polar surface area (TPSA) is 116 Å². The molecule has 0 spiro atoms. The highest BCUT2D eigenvalue weighted by molar-refractivity contribution is 7.91. The quantitative estimate of drug-likeness (QED) is 0.248. The largest absolute Gasteiger partial charge is 0.384 e. The number of halogens is 2. The third kappa shape index (κ3) is 7.20. The van der Waals surface area contributed by atoms with E-state index in [9.17, 15) is 13.2 Å². The number of benzene rings is 2. The molecule has 7 nitrogen and oxygen atoms in total. The first kappa shape index (κ1) is 26.1. The van der Waals surface area contributed by atoms with Crippen molar-refractivity contribution in [2.45, 2.75) is 37.6 Å². The molecular weight excluding hydrogens is 471 g/mol. The van der Waals surface area contributed by atoms with Crippen LogP contribution in [0, 0.1) is 12.3 Å². The lowest BCUT2D eigenvalue weighted by molar-refractivity contribution is -0.130. The number of hydrogen-bond acceptors (Lipinski definition) is 5. The summed E-state index contributed by atoms with van der Waals surface area (Å²) in [5, 5.41) is 10.9. The number of sulfone groups is 1. The van der Waals surface area contributed by atoms with Crippen molar-refractivity contribution in [1.29, 1.82) is 5.41 Å². The van der Waals surface area contributed by atoms with Gasteiger partial charge in [0.2, 0.25) is 5.91 Å². The molecule has 0 aliphatic heterocycles. The molecule has 0 heterocycles. The van der Waals surface area contributed by atoms with Crippen molar-refractivity contribution >= 4 is 44.8 Å². The van der Waals surface area contributed by atoms with Gasteiger partial charge in [0.25, 0.3) is 0 Å². The molecule has 4 N–H and O–H groups in total. The van der Waals surface area contributed by atoms with E-state index in [-0.39, 0.29) is 27.5 Å². The number of nitrogen functional groups attached to an aromatic ring is 1. The summed E-state index contributed by atoms with van der Waals surface area (Å²) in [4.78, 5) is 14.0.